The van der Waals surface area contributed by atoms with E-state index < -0.39 is 11.7 Å². The van der Waals surface area contributed by atoms with E-state index in [4.69, 9.17) is 4.74 Å². The first-order chi connectivity index (χ1) is 9.35. The Morgan fingerprint density at radius 3 is 2.25 bits per heavy atom. The molecule has 20 heavy (non-hydrogen) atoms. The number of amides is 2. The highest BCUT2D eigenvalue weighted by molar-refractivity contribution is 6.08. The van der Waals surface area contributed by atoms with Crippen molar-refractivity contribution in [3.8, 4) is 0 Å². The molecule has 116 valence electrons. The Hall–Kier alpha value is -1.20. The lowest BCUT2D eigenvalue weighted by Crippen LogP contribution is -2.34. The predicted octanol–water partition coefficient (Wildman–Crippen LogP) is 1.63. The van der Waals surface area contributed by atoms with Crippen molar-refractivity contribution in [1.82, 2.24) is 10.6 Å². The highest BCUT2D eigenvalue weighted by Gasteiger charge is 2.15. The van der Waals surface area contributed by atoms with E-state index in [1.807, 2.05) is 20.8 Å². The molecule has 2 amide bonds. The molecule has 0 spiro atoms. The topological polar surface area (TPSA) is 67.4 Å². The zero-order chi connectivity index (χ0) is 15.4. The highest BCUT2D eigenvalue weighted by atomic mass is 16.6. The molecule has 0 unspecified atom stereocenters. The van der Waals surface area contributed by atoms with Crippen LogP contribution in [-0.4, -0.2) is 38.5 Å². The third-order valence-electron chi connectivity index (χ3n) is 2.60. The zero-order valence-electron chi connectivity index (χ0n) is 13.4. The van der Waals surface area contributed by atoms with Crippen LogP contribution in [0, 0.1) is 0 Å². The van der Waals surface area contributed by atoms with Gasteiger partial charge in [-0.1, -0.05) is 19.2 Å². The molecule has 2 N–H and O–H groups in total. The maximum Gasteiger partial charge on any atom is 0.407 e. The molecule has 0 fully saturated rings. The van der Waals surface area contributed by atoms with Crippen molar-refractivity contribution in [3.05, 3.63) is 0 Å². The first-order valence-corrected chi connectivity index (χ1v) is 7.58. The fraction of sp³-hybridized carbons (Fsp3) is 0.857. The molecule has 0 rings (SSSR count). The maximum atomic E-state index is 11.5. The SMILES string of the molecule is BCCCCCC(=O)NCCCNC(=O)OC(C)(C)C. The summed E-state index contributed by atoms with van der Waals surface area (Å²) < 4.78 is 5.10. The summed E-state index contributed by atoms with van der Waals surface area (Å²) >= 11 is 0. The molecule has 0 heterocycles. The lowest BCUT2D eigenvalue weighted by Gasteiger charge is -2.19. The summed E-state index contributed by atoms with van der Waals surface area (Å²) in [7, 11) is 2.15. The number of hydrogen-bond acceptors (Lipinski definition) is 3. The van der Waals surface area contributed by atoms with Crippen LogP contribution in [0.15, 0.2) is 0 Å². The molecule has 0 saturated heterocycles. The van der Waals surface area contributed by atoms with Crippen LogP contribution >= 0.6 is 0 Å². The largest absolute Gasteiger partial charge is 0.444 e. The first-order valence-electron chi connectivity index (χ1n) is 7.58. The third kappa shape index (κ3) is 13.2. The van der Waals surface area contributed by atoms with Gasteiger partial charge in [-0.2, -0.15) is 0 Å². The maximum absolute atomic E-state index is 11.5. The number of hydrogen-bond donors (Lipinski definition) is 2. The number of alkyl carbamates (subject to hydrolysis) is 1. The van der Waals surface area contributed by atoms with Crippen LogP contribution < -0.4 is 10.6 Å². The normalized spacial score (nSPS) is 10.9. The van der Waals surface area contributed by atoms with E-state index in [0.29, 0.717) is 25.9 Å². The number of ether oxygens (including phenoxy) is 1. The van der Waals surface area contributed by atoms with Crippen molar-refractivity contribution in [2.45, 2.75) is 64.8 Å². The van der Waals surface area contributed by atoms with Crippen LogP contribution in [0.3, 0.4) is 0 Å². The second-order valence-electron chi connectivity index (χ2n) is 5.94. The van der Waals surface area contributed by atoms with Crippen molar-refractivity contribution in [1.29, 1.82) is 0 Å². The minimum atomic E-state index is -0.475. The quantitative estimate of drug-likeness (QED) is 0.499. The lowest BCUT2D eigenvalue weighted by molar-refractivity contribution is -0.121. The van der Waals surface area contributed by atoms with E-state index in [9.17, 15) is 9.59 Å². The molecule has 0 radical (unpaired) electrons. The minimum absolute atomic E-state index is 0.0957. The van der Waals surface area contributed by atoms with Crippen molar-refractivity contribution < 1.29 is 14.3 Å². The van der Waals surface area contributed by atoms with Crippen LogP contribution in [0.1, 0.15) is 52.9 Å². The number of carbonyl (C=O) groups is 2. The van der Waals surface area contributed by atoms with Crippen LogP contribution in [0.4, 0.5) is 4.79 Å². The Labute approximate surface area is 123 Å². The average molecular weight is 284 g/mol. The van der Waals surface area contributed by atoms with E-state index in [1.54, 1.807) is 0 Å². The molecular formula is C14H29BN2O3. The molecule has 0 saturated carbocycles. The van der Waals surface area contributed by atoms with Crippen LogP contribution in [0.25, 0.3) is 0 Å². The van der Waals surface area contributed by atoms with Crippen LogP contribution in [-0.2, 0) is 9.53 Å². The summed E-state index contributed by atoms with van der Waals surface area (Å²) in [6.07, 6.45) is 5.33. The molecule has 0 aliphatic heterocycles. The Morgan fingerprint density at radius 1 is 1.00 bits per heavy atom. The van der Waals surface area contributed by atoms with E-state index >= 15 is 0 Å². The smallest absolute Gasteiger partial charge is 0.407 e. The third-order valence-corrected chi connectivity index (χ3v) is 2.60. The highest BCUT2D eigenvalue weighted by Crippen LogP contribution is 2.06. The lowest BCUT2D eigenvalue weighted by atomic mass is 9.99. The van der Waals surface area contributed by atoms with Crippen molar-refractivity contribution in [2.75, 3.05) is 13.1 Å². The van der Waals surface area contributed by atoms with Crippen LogP contribution in [0.2, 0.25) is 6.32 Å². The van der Waals surface area contributed by atoms with Crippen molar-refractivity contribution in [3.63, 3.8) is 0 Å². The molecule has 6 heteroatoms. The summed E-state index contributed by atoms with van der Waals surface area (Å²) in [6, 6.07) is 0. The number of carbonyl (C=O) groups excluding carboxylic acids is 2. The summed E-state index contributed by atoms with van der Waals surface area (Å²) in [5.74, 6) is 0.0957. The van der Waals surface area contributed by atoms with Gasteiger partial charge in [-0.25, -0.2) is 4.79 Å². The molecule has 0 bridgehead atoms. The van der Waals surface area contributed by atoms with Gasteiger partial charge in [0.15, 0.2) is 0 Å². The summed E-state index contributed by atoms with van der Waals surface area (Å²) in [4.78, 5) is 22.8. The molecule has 0 aliphatic rings. The fourth-order valence-corrected chi connectivity index (χ4v) is 1.62. The van der Waals surface area contributed by atoms with Gasteiger partial charge in [0.25, 0.3) is 0 Å². The monoisotopic (exact) mass is 284 g/mol. The molecule has 0 atom stereocenters. The molecule has 5 nitrogen and oxygen atoms in total. The van der Waals surface area contributed by atoms with E-state index in [-0.39, 0.29) is 5.91 Å². The van der Waals surface area contributed by atoms with Gasteiger partial charge in [-0.3, -0.25) is 4.79 Å². The van der Waals surface area contributed by atoms with Crippen LogP contribution in [0.5, 0.6) is 0 Å². The van der Waals surface area contributed by atoms with Gasteiger partial charge < -0.3 is 15.4 Å². The zero-order valence-corrected chi connectivity index (χ0v) is 13.4. The Kier molecular flexibility index (Phi) is 9.94. The Bertz CT molecular complexity index is 291. The second-order valence-corrected chi connectivity index (χ2v) is 5.94. The van der Waals surface area contributed by atoms with Gasteiger partial charge in [-0.05, 0) is 33.6 Å². The summed E-state index contributed by atoms with van der Waals surface area (Å²) in [5.41, 5.74) is -0.475. The molecule has 0 aliphatic carbocycles. The van der Waals surface area contributed by atoms with Gasteiger partial charge in [0.05, 0.1) is 0 Å². The molecular weight excluding hydrogens is 255 g/mol. The Balaban J connectivity index is 3.43. The van der Waals surface area contributed by atoms with E-state index in [0.717, 1.165) is 12.8 Å². The minimum Gasteiger partial charge on any atom is -0.444 e. The average Bonchev–Trinajstić information content (AvgIpc) is 2.32. The van der Waals surface area contributed by atoms with E-state index in [1.165, 1.54) is 12.7 Å². The number of unbranched alkanes of at least 4 members (excludes halogenated alkanes) is 2. The predicted molar refractivity (Wildman–Crippen MR) is 83.7 cm³/mol. The number of nitrogens with one attached hydrogen (secondary N) is 2. The second kappa shape index (κ2) is 10.6. The first kappa shape index (κ1) is 18.8. The van der Waals surface area contributed by atoms with Crippen molar-refractivity contribution in [2.24, 2.45) is 0 Å². The standard InChI is InChI=1S/C14H29BN2O3/c1-14(2,3)20-13(19)17-11-7-10-16-12(18)8-5-4-6-9-15/h4-11,15H2,1-3H3,(H,16,18)(H,17,19). The Morgan fingerprint density at radius 2 is 1.65 bits per heavy atom. The summed E-state index contributed by atoms with van der Waals surface area (Å²) in [5, 5.41) is 5.51. The van der Waals surface area contributed by atoms with Crippen molar-refractivity contribution >= 4 is 19.8 Å². The molecule has 0 aromatic heterocycles. The van der Waals surface area contributed by atoms with Gasteiger partial charge >= 0.3 is 6.09 Å². The van der Waals surface area contributed by atoms with Gasteiger partial charge in [0.1, 0.15) is 13.4 Å². The van der Waals surface area contributed by atoms with Gasteiger partial charge in [-0.15, -0.1) is 0 Å². The number of rotatable bonds is 9. The fourth-order valence-electron chi connectivity index (χ4n) is 1.62. The molecule has 0 aromatic rings. The molecule has 0 aromatic carbocycles. The van der Waals surface area contributed by atoms with Gasteiger partial charge in [0.2, 0.25) is 5.91 Å². The summed E-state index contributed by atoms with van der Waals surface area (Å²) in [6.45, 7) is 6.56. The van der Waals surface area contributed by atoms with Gasteiger partial charge in [0, 0.05) is 19.5 Å². The van der Waals surface area contributed by atoms with E-state index in [2.05, 4.69) is 18.5 Å².